The van der Waals surface area contributed by atoms with E-state index in [0.717, 1.165) is 32.4 Å². The number of ether oxygens (including phenoxy) is 2. The minimum absolute atomic E-state index is 0.0363. The molecule has 5 aliphatic rings. The summed E-state index contributed by atoms with van der Waals surface area (Å²) in [5.74, 6) is -1.26. The summed E-state index contributed by atoms with van der Waals surface area (Å²) < 4.78 is 29.2. The number of ketones is 1. The summed E-state index contributed by atoms with van der Waals surface area (Å²) in [5, 5.41) is 12.7. The van der Waals surface area contributed by atoms with Gasteiger partial charge in [-0.3, -0.25) is 38.7 Å². The highest BCUT2D eigenvalue weighted by molar-refractivity contribution is 7.46. The van der Waals surface area contributed by atoms with Crippen LogP contribution in [-0.2, 0) is 33.3 Å². The van der Waals surface area contributed by atoms with Crippen molar-refractivity contribution in [1.29, 1.82) is 0 Å². The van der Waals surface area contributed by atoms with E-state index in [1.807, 2.05) is 30.3 Å². The molecule has 2 aliphatic carbocycles. The van der Waals surface area contributed by atoms with E-state index in [2.05, 4.69) is 0 Å². The molecule has 66 heavy (non-hydrogen) atoms. The maximum absolute atomic E-state index is 14.1. The van der Waals surface area contributed by atoms with Gasteiger partial charge >= 0.3 is 7.82 Å². The number of fused-ring (bicyclic) bond motifs is 6. The minimum atomic E-state index is -4.96. The van der Waals surface area contributed by atoms with Crippen LogP contribution in [0, 0.1) is 0 Å². The summed E-state index contributed by atoms with van der Waals surface area (Å²) in [6, 6.07) is 17.7. The van der Waals surface area contributed by atoms with Gasteiger partial charge in [0.2, 0.25) is 5.78 Å². The predicted molar refractivity (Wildman–Crippen MR) is 247 cm³/mol. The van der Waals surface area contributed by atoms with E-state index in [1.54, 1.807) is 47.4 Å². The van der Waals surface area contributed by atoms with Crippen LogP contribution in [0.2, 0.25) is 0 Å². The molecule has 0 spiro atoms. The molecule has 0 aromatic heterocycles. The lowest BCUT2D eigenvalue weighted by molar-refractivity contribution is -0.137. The first kappa shape index (κ1) is 45.1. The lowest BCUT2D eigenvalue weighted by Gasteiger charge is -2.21. The van der Waals surface area contributed by atoms with E-state index in [-0.39, 0.29) is 49.1 Å². The zero-order valence-electron chi connectivity index (χ0n) is 35.0. The molecule has 0 radical (unpaired) electrons. The van der Waals surface area contributed by atoms with Crippen LogP contribution in [0.1, 0.15) is 42.2 Å². The number of rotatable bonds is 15. The second-order valence-electron chi connectivity index (χ2n) is 16.4. The van der Waals surface area contributed by atoms with E-state index in [4.69, 9.17) is 37.2 Å². The molecule has 1 saturated carbocycles. The van der Waals surface area contributed by atoms with Crippen LogP contribution in [0.4, 0.5) is 11.4 Å². The Morgan fingerprint density at radius 1 is 0.788 bits per heavy atom. The van der Waals surface area contributed by atoms with Gasteiger partial charge in [0.05, 0.1) is 17.9 Å². The number of Topliss-reactive ketones (excluding diaryl/α,β-unsaturated/α-hetero) is 1. The van der Waals surface area contributed by atoms with Crippen molar-refractivity contribution in [3.8, 4) is 11.5 Å². The molecule has 15 nitrogen and oxygen atoms in total. The number of aliphatic hydroxyl groups is 1. The first-order valence-corrected chi connectivity index (χ1v) is 23.8. The van der Waals surface area contributed by atoms with Gasteiger partial charge < -0.3 is 28.9 Å². The van der Waals surface area contributed by atoms with E-state index in [1.165, 1.54) is 35.3 Å². The van der Waals surface area contributed by atoms with Crippen molar-refractivity contribution in [3.63, 3.8) is 0 Å². The first-order valence-electron chi connectivity index (χ1n) is 21.2. The number of phosphoric ester groups is 1. The number of allylic oxidation sites excluding steroid dienone is 5. The molecule has 0 bridgehead atoms. The molecule has 18 heteroatoms. The summed E-state index contributed by atoms with van der Waals surface area (Å²) >= 11 is 12.7. The van der Waals surface area contributed by atoms with E-state index in [0.29, 0.717) is 70.9 Å². The highest BCUT2D eigenvalue weighted by atomic mass is 35.5. The summed E-state index contributed by atoms with van der Waals surface area (Å²) in [4.78, 5) is 88.4. The Morgan fingerprint density at radius 2 is 1.35 bits per heavy atom. The number of carbonyl (C=O) groups excluding carboxylic acids is 5. The average molecular weight is 955 g/mol. The van der Waals surface area contributed by atoms with Gasteiger partial charge in [0.1, 0.15) is 23.9 Å². The maximum Gasteiger partial charge on any atom is 0.524 e. The summed E-state index contributed by atoms with van der Waals surface area (Å²) in [6.07, 6.45) is 9.42. The number of aliphatic hydroxyl groups excluding tert-OH is 1. The number of hydrogen-bond acceptors (Lipinski definition) is 10. The molecule has 4 aromatic rings. The molecular formula is C48H42Cl2N3O12P. The Kier molecular flexibility index (Phi) is 12.5. The van der Waals surface area contributed by atoms with E-state index < -0.39 is 43.5 Å². The van der Waals surface area contributed by atoms with Crippen molar-refractivity contribution in [3.05, 3.63) is 131 Å². The number of benzene rings is 4. The highest BCUT2D eigenvalue weighted by Crippen LogP contribution is 2.50. The molecular weight excluding hydrogens is 912 g/mol. The van der Waals surface area contributed by atoms with Gasteiger partial charge in [-0.05, 0) is 64.5 Å². The summed E-state index contributed by atoms with van der Waals surface area (Å²) in [5.41, 5.74) is 4.05. The van der Waals surface area contributed by atoms with Crippen molar-refractivity contribution in [2.24, 2.45) is 0 Å². The van der Waals surface area contributed by atoms with Crippen LogP contribution in [0.5, 0.6) is 11.5 Å². The smallest absolute Gasteiger partial charge is 0.491 e. The SMILES string of the molecule is O=C1C(O)C1Oc1cc2c(c3ccccc13)C(CCl)CN2C(=O)C=CC1=CC(OCCN2C(=O)C=CC2=O)=C(C=CC(=O)N2CC(CCCl)c3c2cc(OP(=O)(O)O)c2ccccc32)CC1. The fourth-order valence-corrected chi connectivity index (χ4v) is 10.0. The number of hydrogen-bond donors (Lipinski definition) is 3. The number of alkyl halides is 2. The lowest BCUT2D eigenvalue weighted by atomic mass is 9.92. The molecule has 3 aliphatic heterocycles. The zero-order chi connectivity index (χ0) is 46.4. The van der Waals surface area contributed by atoms with Crippen LogP contribution >= 0.6 is 31.0 Å². The Bertz CT molecular complexity index is 2920. The van der Waals surface area contributed by atoms with Crippen LogP contribution in [0.25, 0.3) is 21.5 Å². The Labute approximate surface area is 388 Å². The average Bonchev–Trinajstić information content (AvgIpc) is 3.64. The van der Waals surface area contributed by atoms with Crippen molar-refractivity contribution < 1.29 is 57.4 Å². The van der Waals surface area contributed by atoms with Crippen molar-refractivity contribution >= 4 is 93.4 Å². The normalized spacial score (nSPS) is 21.5. The molecule has 4 aromatic carbocycles. The zero-order valence-corrected chi connectivity index (χ0v) is 37.5. The van der Waals surface area contributed by atoms with Gasteiger partial charge in [-0.1, -0.05) is 54.6 Å². The second kappa shape index (κ2) is 18.3. The van der Waals surface area contributed by atoms with Gasteiger partial charge in [0.25, 0.3) is 23.6 Å². The standard InChI is InChI=1S/C48H42Cl2N3O12P/c49-18-17-29-25-52(36-23-39(65-66(60,61)62)32-6-2-4-8-34(32)44(29)36)43(57)14-12-28-11-9-27(21-37(28)63-20-19-51-40(54)15-16-41(51)55)10-13-42(56)53-26-30(24-50)45-33-7-3-1-5-31(33)38(22-35(45)53)64-48-46(58)47(48)59/h1-8,10,12-16,21-23,29-30,46,48,58H,9,11,17-20,24-26H2,(H2,60,61,62). The third kappa shape index (κ3) is 8.82. The quantitative estimate of drug-likeness (QED) is 0.0499. The number of amides is 4. The molecule has 1 fully saturated rings. The molecule has 340 valence electrons. The Morgan fingerprint density at radius 3 is 1.94 bits per heavy atom. The van der Waals surface area contributed by atoms with Gasteiger partial charge in [0.15, 0.2) is 12.2 Å². The van der Waals surface area contributed by atoms with Crippen molar-refractivity contribution in [2.45, 2.75) is 43.3 Å². The number of anilines is 2. The molecule has 4 unspecified atom stereocenters. The molecule has 3 N–H and O–H groups in total. The van der Waals surface area contributed by atoms with Gasteiger partial charge in [-0.25, -0.2) is 4.57 Å². The molecule has 0 saturated heterocycles. The number of imide groups is 1. The molecule has 3 heterocycles. The monoisotopic (exact) mass is 953 g/mol. The number of halogens is 2. The van der Waals surface area contributed by atoms with Crippen LogP contribution in [0.3, 0.4) is 0 Å². The Hall–Kier alpha value is -6.06. The third-order valence-electron chi connectivity index (χ3n) is 12.3. The molecule has 4 atom stereocenters. The number of phosphoric acid groups is 1. The highest BCUT2D eigenvalue weighted by Gasteiger charge is 2.51. The minimum Gasteiger partial charge on any atom is -0.491 e. The number of carbonyl (C=O) groups is 5. The molecule has 4 amide bonds. The lowest BCUT2D eigenvalue weighted by Crippen LogP contribution is -2.33. The predicted octanol–water partition coefficient (Wildman–Crippen LogP) is 6.61. The van der Waals surface area contributed by atoms with Crippen LogP contribution < -0.4 is 19.1 Å². The van der Waals surface area contributed by atoms with Gasteiger partial charge in [-0.15, -0.1) is 23.2 Å². The fourth-order valence-electron chi connectivity index (χ4n) is 9.10. The summed E-state index contributed by atoms with van der Waals surface area (Å²) in [6.45, 7) is 0.452. The third-order valence-corrected chi connectivity index (χ3v) is 13.3. The van der Waals surface area contributed by atoms with Crippen LogP contribution in [0.15, 0.2) is 120 Å². The van der Waals surface area contributed by atoms with E-state index >= 15 is 0 Å². The second-order valence-corrected chi connectivity index (χ2v) is 18.2. The van der Waals surface area contributed by atoms with Crippen molar-refractivity contribution in [1.82, 2.24) is 4.90 Å². The van der Waals surface area contributed by atoms with Gasteiger partial charge in [-0.2, -0.15) is 0 Å². The fraction of sp³-hybridized carbons (Fsp3) is 0.271. The van der Waals surface area contributed by atoms with Gasteiger partial charge in [0, 0.05) is 83.9 Å². The summed E-state index contributed by atoms with van der Waals surface area (Å²) in [7, 11) is -4.96. The molecule has 9 rings (SSSR count). The van der Waals surface area contributed by atoms with Crippen molar-refractivity contribution in [2.75, 3.05) is 47.8 Å². The van der Waals surface area contributed by atoms with Crippen LogP contribution in [-0.4, -0.2) is 99.4 Å². The first-order chi connectivity index (χ1) is 31.7. The number of nitrogens with zero attached hydrogens (tertiary/aromatic N) is 3. The topological polar surface area (TPSA) is 201 Å². The van der Waals surface area contributed by atoms with E-state index in [9.17, 15) is 43.4 Å². The largest absolute Gasteiger partial charge is 0.524 e. The Balaban J connectivity index is 0.999. The maximum atomic E-state index is 14.1.